The van der Waals surface area contributed by atoms with Gasteiger partial charge in [-0.1, -0.05) is 152 Å². The fourth-order valence-electron chi connectivity index (χ4n) is 5.18. The predicted molar refractivity (Wildman–Crippen MR) is 212 cm³/mol. The minimum absolute atomic E-state index is 0. The van der Waals surface area contributed by atoms with Crippen LogP contribution in [-0.2, 0) is 25.0 Å². The molecule has 0 saturated carbocycles. The van der Waals surface area contributed by atoms with Crippen LogP contribution in [0.25, 0.3) is 5.69 Å². The Bertz CT molecular complexity index is 2200. The molecule has 0 N–H and O–H groups in total. The molecule has 10 heteroatoms. The number of nitrogens with zero attached hydrogens (tertiary/aromatic N) is 4. The average Bonchev–Trinajstić information content (AvgIpc) is 3.47. The van der Waals surface area contributed by atoms with Gasteiger partial charge in [0.25, 0.3) is 0 Å². The summed E-state index contributed by atoms with van der Waals surface area (Å²) in [5, 5.41) is 0. The fourth-order valence-corrected chi connectivity index (χ4v) is 6.91. The van der Waals surface area contributed by atoms with Gasteiger partial charge in [0.05, 0.1) is 25.3 Å². The Balaban J connectivity index is 0.000000329. The van der Waals surface area contributed by atoms with Gasteiger partial charge in [-0.25, -0.2) is 26.6 Å². The van der Waals surface area contributed by atoms with Crippen LogP contribution in [0.4, 0.5) is 0 Å². The molecule has 0 fully saturated rings. The molecule has 4 aromatic carbocycles. The van der Waals surface area contributed by atoms with E-state index in [-0.39, 0.29) is 48.8 Å². The van der Waals surface area contributed by atoms with Crippen molar-refractivity contribution >= 4 is 23.1 Å². The lowest BCUT2D eigenvalue weighted by molar-refractivity contribution is 0.585. The maximum atomic E-state index is 13.0. The minimum atomic E-state index is -0.279. The highest BCUT2D eigenvalue weighted by Crippen LogP contribution is 2.30. The monoisotopic (exact) mass is 714 g/mol. The summed E-state index contributed by atoms with van der Waals surface area (Å²) < 4.78 is 5.64. The normalized spacial score (nSPS) is 10.6. The first-order valence-corrected chi connectivity index (χ1v) is 16.8. The first-order valence-electron chi connectivity index (χ1n) is 15.3. The van der Waals surface area contributed by atoms with Crippen LogP contribution in [-0.4, -0.2) is 17.0 Å². The van der Waals surface area contributed by atoms with Crippen LogP contribution >= 0.6 is 23.1 Å². The van der Waals surface area contributed by atoms with Crippen molar-refractivity contribution in [1.82, 2.24) is 17.0 Å². The molecule has 0 saturated heterocycles. The highest BCUT2D eigenvalue weighted by atomic mass is 32.1. The van der Waals surface area contributed by atoms with E-state index in [9.17, 15) is 19.2 Å². The van der Waals surface area contributed by atoms with Crippen LogP contribution in [0.3, 0.4) is 0 Å². The van der Waals surface area contributed by atoms with E-state index >= 15 is 0 Å². The van der Waals surface area contributed by atoms with E-state index in [4.69, 9.17) is 0 Å². The van der Waals surface area contributed by atoms with Crippen LogP contribution in [0.2, 0.25) is 0 Å². The van der Waals surface area contributed by atoms with Crippen molar-refractivity contribution in [2.75, 3.05) is 0 Å². The standard InChI is InChI=1S/C20H22N2O2S.C17H16N2O2S.3CH4/c1-14-9-8-12-16(20(2,3)4)17(14)22-18(23)21(19(24)25-22)13-15-10-6-5-7-11-15;1-13-7-9-15(10-8-13)12-19-16(20)18(17(21)22-19)11-14-5-3-2-4-6-14;;;/h5-12H,13H2,1-4H3;2-10H,11-12H2,1H3;3*1H4. The zero-order chi connectivity index (χ0) is 33.7. The second-order valence-corrected chi connectivity index (χ2v) is 14.3. The Kier molecular flexibility index (Phi) is 14.7. The summed E-state index contributed by atoms with van der Waals surface area (Å²) in [4.78, 5) is 49.4. The first kappa shape index (κ1) is 41.4. The zero-order valence-electron chi connectivity index (χ0n) is 27.2. The molecule has 2 aromatic heterocycles. The summed E-state index contributed by atoms with van der Waals surface area (Å²) in [6.07, 6.45) is 0. The second kappa shape index (κ2) is 17.7. The van der Waals surface area contributed by atoms with Crippen LogP contribution < -0.4 is 21.1 Å². The van der Waals surface area contributed by atoms with Gasteiger partial charge in [0.1, 0.15) is 0 Å². The zero-order valence-corrected chi connectivity index (χ0v) is 28.8. The predicted octanol–water partition coefficient (Wildman–Crippen LogP) is 8.10. The van der Waals surface area contributed by atoms with Crippen LogP contribution in [0, 0.1) is 13.8 Å². The van der Waals surface area contributed by atoms with E-state index in [0.29, 0.717) is 19.6 Å². The number of hydrogen-bond donors (Lipinski definition) is 0. The largest absolute Gasteiger partial charge is 0.346 e. The molecule has 6 rings (SSSR count). The van der Waals surface area contributed by atoms with Gasteiger partial charge < -0.3 is 0 Å². The van der Waals surface area contributed by atoms with E-state index < -0.39 is 0 Å². The van der Waals surface area contributed by atoms with Gasteiger partial charge in [-0.15, -0.1) is 0 Å². The molecular formula is C40H50N4O4S2. The third-order valence-electron chi connectivity index (χ3n) is 7.71. The Labute approximate surface area is 303 Å². The SMILES string of the molecule is C.C.C.Cc1ccc(Cn2sc(=O)n(Cc3ccccc3)c2=O)cc1.Cc1cccc(C(C)(C)C)c1-n1sc(=O)n(Cc2ccccc2)c1=O. The number of benzene rings is 4. The van der Waals surface area contributed by atoms with E-state index in [1.165, 1.54) is 18.7 Å². The molecule has 0 aliphatic heterocycles. The van der Waals surface area contributed by atoms with E-state index in [1.807, 2.05) is 117 Å². The van der Waals surface area contributed by atoms with Crippen LogP contribution in [0.5, 0.6) is 0 Å². The molecule has 0 spiro atoms. The number of rotatable bonds is 7. The van der Waals surface area contributed by atoms with E-state index in [0.717, 1.165) is 56.6 Å². The molecule has 0 aliphatic rings. The molecule has 0 aliphatic carbocycles. The molecule has 266 valence electrons. The number of aromatic nitrogens is 4. The highest BCUT2D eigenvalue weighted by molar-refractivity contribution is 7.04. The molecule has 0 radical (unpaired) electrons. The smallest absolute Gasteiger partial charge is 0.255 e. The van der Waals surface area contributed by atoms with Crippen molar-refractivity contribution in [2.45, 2.75) is 81.9 Å². The summed E-state index contributed by atoms with van der Waals surface area (Å²) in [6.45, 7) is 11.4. The minimum Gasteiger partial charge on any atom is -0.255 e. The molecule has 0 amide bonds. The van der Waals surface area contributed by atoms with Crippen molar-refractivity contribution in [3.8, 4) is 5.69 Å². The van der Waals surface area contributed by atoms with Crippen molar-refractivity contribution < 1.29 is 0 Å². The highest BCUT2D eigenvalue weighted by Gasteiger charge is 2.23. The molecule has 0 unspecified atom stereocenters. The van der Waals surface area contributed by atoms with Gasteiger partial charge in [0.15, 0.2) is 0 Å². The topological polar surface area (TPSA) is 88.0 Å². The summed E-state index contributed by atoms with van der Waals surface area (Å²) in [5.41, 5.74) is 6.29. The van der Waals surface area contributed by atoms with E-state index in [2.05, 4.69) is 20.8 Å². The Morgan fingerprint density at radius 3 is 1.54 bits per heavy atom. The van der Waals surface area contributed by atoms with Gasteiger partial charge in [-0.2, -0.15) is 0 Å². The van der Waals surface area contributed by atoms with E-state index in [1.54, 1.807) is 3.96 Å². The van der Waals surface area contributed by atoms with Crippen molar-refractivity contribution in [3.63, 3.8) is 0 Å². The summed E-state index contributed by atoms with van der Waals surface area (Å²) in [6, 6.07) is 33.1. The molecule has 50 heavy (non-hydrogen) atoms. The van der Waals surface area contributed by atoms with Gasteiger partial charge >= 0.3 is 21.1 Å². The lowest BCUT2D eigenvalue weighted by atomic mass is 9.85. The van der Waals surface area contributed by atoms with Gasteiger partial charge in [0.2, 0.25) is 0 Å². The third kappa shape index (κ3) is 9.67. The quantitative estimate of drug-likeness (QED) is 0.167. The first-order chi connectivity index (χ1) is 22.4. The molecular weight excluding hydrogens is 665 g/mol. The summed E-state index contributed by atoms with van der Waals surface area (Å²) >= 11 is 1.94. The van der Waals surface area contributed by atoms with Gasteiger partial charge in [-0.3, -0.25) is 9.59 Å². The summed E-state index contributed by atoms with van der Waals surface area (Å²) in [7, 11) is 0. The lowest BCUT2D eigenvalue weighted by Crippen LogP contribution is -2.30. The lowest BCUT2D eigenvalue weighted by Gasteiger charge is -2.23. The van der Waals surface area contributed by atoms with Crippen molar-refractivity contribution in [2.24, 2.45) is 0 Å². The fraction of sp³-hybridized carbons (Fsp3) is 0.300. The van der Waals surface area contributed by atoms with Crippen molar-refractivity contribution in [3.05, 3.63) is 177 Å². The Morgan fingerprint density at radius 2 is 1.02 bits per heavy atom. The molecule has 8 nitrogen and oxygen atoms in total. The molecule has 6 aromatic rings. The Hall–Kier alpha value is -4.80. The second-order valence-electron chi connectivity index (χ2n) is 12.5. The maximum absolute atomic E-state index is 13.0. The maximum Gasteiger partial charge on any atom is 0.346 e. The Morgan fingerprint density at radius 1 is 0.540 bits per heavy atom. The van der Waals surface area contributed by atoms with Crippen molar-refractivity contribution in [1.29, 1.82) is 0 Å². The molecule has 0 bridgehead atoms. The average molecular weight is 715 g/mol. The van der Waals surface area contributed by atoms with Gasteiger partial charge in [-0.05, 0) is 47.1 Å². The number of aryl methyl sites for hydroxylation is 2. The molecule has 0 atom stereocenters. The number of para-hydroxylation sites is 1. The van der Waals surface area contributed by atoms with Gasteiger partial charge in [0, 0.05) is 23.1 Å². The number of hydrogen-bond acceptors (Lipinski definition) is 6. The summed E-state index contributed by atoms with van der Waals surface area (Å²) in [5.74, 6) is 0. The molecule has 2 heterocycles. The van der Waals surface area contributed by atoms with Crippen LogP contribution in [0.15, 0.2) is 122 Å². The van der Waals surface area contributed by atoms with Crippen LogP contribution in [0.1, 0.15) is 76.4 Å². The third-order valence-corrected chi connectivity index (χ3v) is 9.49.